The maximum absolute atomic E-state index is 12.1. The minimum absolute atomic E-state index is 0.0233. The molecule has 1 fully saturated rings. The molecule has 1 aromatic rings. The number of rotatable bonds is 3. The molecule has 3 N–H and O–H groups in total. The Morgan fingerprint density at radius 3 is 2.56 bits per heavy atom. The molecule has 1 aliphatic carbocycles. The van der Waals surface area contributed by atoms with Crippen molar-refractivity contribution in [3.63, 3.8) is 0 Å². The number of anilines is 1. The van der Waals surface area contributed by atoms with Gasteiger partial charge in [0.2, 0.25) is 10.0 Å². The second kappa shape index (κ2) is 3.61. The van der Waals surface area contributed by atoms with Crippen molar-refractivity contribution in [1.82, 2.24) is 4.72 Å². The molecular formula is C10H13ClN2O2S. The lowest BCUT2D eigenvalue weighted by Gasteiger charge is -2.14. The highest BCUT2D eigenvalue weighted by atomic mass is 35.5. The van der Waals surface area contributed by atoms with E-state index in [2.05, 4.69) is 4.72 Å². The smallest absolute Gasteiger partial charge is 0.244 e. The van der Waals surface area contributed by atoms with Crippen molar-refractivity contribution in [3.8, 4) is 0 Å². The van der Waals surface area contributed by atoms with Gasteiger partial charge in [-0.05, 0) is 31.9 Å². The second-order valence-corrected chi connectivity index (χ2v) is 6.35. The van der Waals surface area contributed by atoms with Gasteiger partial charge in [0.05, 0.1) is 10.7 Å². The van der Waals surface area contributed by atoms with Gasteiger partial charge in [0.1, 0.15) is 4.90 Å². The summed E-state index contributed by atoms with van der Waals surface area (Å²) in [5.41, 5.74) is 5.48. The fourth-order valence-electron chi connectivity index (χ4n) is 1.47. The maximum Gasteiger partial charge on any atom is 0.244 e. The first-order chi connectivity index (χ1) is 7.34. The Bertz CT molecular complexity index is 503. The van der Waals surface area contributed by atoms with E-state index in [1.165, 1.54) is 12.1 Å². The van der Waals surface area contributed by atoms with Gasteiger partial charge in [0, 0.05) is 5.54 Å². The molecule has 4 nitrogen and oxygen atoms in total. The van der Waals surface area contributed by atoms with Crippen LogP contribution >= 0.6 is 11.6 Å². The van der Waals surface area contributed by atoms with Crippen molar-refractivity contribution in [2.45, 2.75) is 30.2 Å². The Hall–Kier alpha value is -0.780. The summed E-state index contributed by atoms with van der Waals surface area (Å²) >= 11 is 5.86. The molecule has 1 aliphatic rings. The van der Waals surface area contributed by atoms with Gasteiger partial charge in [-0.3, -0.25) is 0 Å². The Morgan fingerprint density at radius 2 is 2.06 bits per heavy atom. The van der Waals surface area contributed by atoms with E-state index >= 15 is 0 Å². The lowest BCUT2D eigenvalue weighted by molar-refractivity contribution is 0.558. The second-order valence-electron chi connectivity index (χ2n) is 4.32. The van der Waals surface area contributed by atoms with Crippen molar-refractivity contribution < 1.29 is 8.42 Å². The van der Waals surface area contributed by atoms with Gasteiger partial charge in [-0.25, -0.2) is 13.1 Å². The summed E-state index contributed by atoms with van der Waals surface area (Å²) in [6.07, 6.45) is 1.69. The molecular weight excluding hydrogens is 248 g/mol. The summed E-state index contributed by atoms with van der Waals surface area (Å²) in [6.45, 7) is 1.86. The lowest BCUT2D eigenvalue weighted by Crippen LogP contribution is -2.34. The SMILES string of the molecule is CC1(NS(=O)(=O)c2c(N)cccc2Cl)CC1. The van der Waals surface area contributed by atoms with Crippen LogP contribution in [0.25, 0.3) is 0 Å². The highest BCUT2D eigenvalue weighted by Gasteiger charge is 2.42. The van der Waals surface area contributed by atoms with Crippen LogP contribution < -0.4 is 10.5 Å². The Kier molecular flexibility index (Phi) is 2.64. The zero-order valence-corrected chi connectivity index (χ0v) is 10.4. The largest absolute Gasteiger partial charge is 0.398 e. The standard InChI is InChI=1S/C10H13ClN2O2S/c1-10(5-6-10)13-16(14,15)9-7(11)3-2-4-8(9)12/h2-4,13H,5-6,12H2,1H3. The summed E-state index contributed by atoms with van der Waals surface area (Å²) in [7, 11) is -3.62. The van der Waals surface area contributed by atoms with Gasteiger partial charge >= 0.3 is 0 Å². The molecule has 0 aliphatic heterocycles. The zero-order chi connectivity index (χ0) is 12.0. The van der Waals surface area contributed by atoms with Crippen LogP contribution in [0.2, 0.25) is 5.02 Å². The van der Waals surface area contributed by atoms with Gasteiger partial charge in [-0.2, -0.15) is 0 Å². The van der Waals surface area contributed by atoms with Gasteiger partial charge in [-0.1, -0.05) is 17.7 Å². The summed E-state index contributed by atoms with van der Waals surface area (Å²) in [4.78, 5) is -0.0233. The maximum atomic E-state index is 12.1. The monoisotopic (exact) mass is 260 g/mol. The number of nitrogens with one attached hydrogen (secondary N) is 1. The van der Waals surface area contributed by atoms with E-state index in [0.29, 0.717) is 0 Å². The van der Waals surface area contributed by atoms with Gasteiger partial charge in [0.15, 0.2) is 0 Å². The van der Waals surface area contributed by atoms with Crippen LogP contribution in [-0.2, 0) is 10.0 Å². The predicted molar refractivity (Wildman–Crippen MR) is 63.8 cm³/mol. The third-order valence-corrected chi connectivity index (χ3v) is 4.83. The van der Waals surface area contributed by atoms with E-state index in [1.54, 1.807) is 6.07 Å². The van der Waals surface area contributed by atoms with E-state index < -0.39 is 10.0 Å². The molecule has 6 heteroatoms. The molecule has 16 heavy (non-hydrogen) atoms. The molecule has 0 spiro atoms. The van der Waals surface area contributed by atoms with Crippen LogP contribution in [0.3, 0.4) is 0 Å². The molecule has 0 saturated heterocycles. The molecule has 0 aromatic heterocycles. The average molecular weight is 261 g/mol. The first kappa shape index (κ1) is 11.7. The Morgan fingerprint density at radius 1 is 1.44 bits per heavy atom. The normalized spacial score (nSPS) is 18.4. The number of nitrogen functional groups attached to an aromatic ring is 1. The number of halogens is 1. The fraction of sp³-hybridized carbons (Fsp3) is 0.400. The number of hydrogen-bond donors (Lipinski definition) is 2. The van der Waals surface area contributed by atoms with Crippen LogP contribution in [0.4, 0.5) is 5.69 Å². The van der Waals surface area contributed by atoms with Crippen LogP contribution in [0, 0.1) is 0 Å². The number of nitrogens with two attached hydrogens (primary N) is 1. The Labute approximate surface area is 99.8 Å². The van der Waals surface area contributed by atoms with Gasteiger partial charge in [0.25, 0.3) is 0 Å². The van der Waals surface area contributed by atoms with Crippen LogP contribution in [-0.4, -0.2) is 14.0 Å². The van der Waals surface area contributed by atoms with Crippen molar-refractivity contribution in [1.29, 1.82) is 0 Å². The van der Waals surface area contributed by atoms with Gasteiger partial charge in [-0.15, -0.1) is 0 Å². The first-order valence-corrected chi connectivity index (χ1v) is 6.78. The highest BCUT2D eigenvalue weighted by Crippen LogP contribution is 2.37. The fourth-order valence-corrected chi connectivity index (χ4v) is 3.62. The summed E-state index contributed by atoms with van der Waals surface area (Å²) in [5, 5.41) is 0.150. The molecule has 2 rings (SSSR count). The Balaban J connectivity index is 2.43. The predicted octanol–water partition coefficient (Wildman–Crippen LogP) is 1.75. The molecule has 1 saturated carbocycles. The van der Waals surface area contributed by atoms with E-state index in [9.17, 15) is 8.42 Å². The number of hydrogen-bond acceptors (Lipinski definition) is 3. The molecule has 0 heterocycles. The van der Waals surface area contributed by atoms with E-state index in [4.69, 9.17) is 17.3 Å². The number of sulfonamides is 1. The topological polar surface area (TPSA) is 72.2 Å². The third kappa shape index (κ3) is 2.16. The summed E-state index contributed by atoms with van der Waals surface area (Å²) < 4.78 is 26.7. The van der Waals surface area contributed by atoms with Crippen molar-refractivity contribution in [2.24, 2.45) is 0 Å². The summed E-state index contributed by atoms with van der Waals surface area (Å²) in [6, 6.07) is 4.66. The first-order valence-electron chi connectivity index (χ1n) is 4.92. The van der Waals surface area contributed by atoms with Crippen LogP contribution in [0.1, 0.15) is 19.8 Å². The molecule has 0 amide bonds. The quantitative estimate of drug-likeness (QED) is 0.814. The highest BCUT2D eigenvalue weighted by molar-refractivity contribution is 7.89. The third-order valence-electron chi connectivity index (χ3n) is 2.65. The van der Waals surface area contributed by atoms with Crippen LogP contribution in [0.5, 0.6) is 0 Å². The zero-order valence-electron chi connectivity index (χ0n) is 8.83. The number of benzene rings is 1. The molecule has 0 unspecified atom stereocenters. The van der Waals surface area contributed by atoms with Crippen LogP contribution in [0.15, 0.2) is 23.1 Å². The van der Waals surface area contributed by atoms with Crippen molar-refractivity contribution in [3.05, 3.63) is 23.2 Å². The van der Waals surface area contributed by atoms with E-state index in [-0.39, 0.29) is 21.1 Å². The minimum atomic E-state index is -3.62. The van der Waals surface area contributed by atoms with Crippen molar-refractivity contribution in [2.75, 3.05) is 5.73 Å². The molecule has 0 bridgehead atoms. The van der Waals surface area contributed by atoms with E-state index in [1.807, 2.05) is 6.92 Å². The minimum Gasteiger partial charge on any atom is -0.398 e. The average Bonchev–Trinajstić information content (AvgIpc) is 2.80. The molecule has 1 aromatic carbocycles. The molecule has 0 radical (unpaired) electrons. The van der Waals surface area contributed by atoms with Crippen molar-refractivity contribution >= 4 is 27.3 Å². The van der Waals surface area contributed by atoms with Gasteiger partial charge < -0.3 is 5.73 Å². The van der Waals surface area contributed by atoms with E-state index in [0.717, 1.165) is 12.8 Å². The molecule has 88 valence electrons. The lowest BCUT2D eigenvalue weighted by atomic mass is 10.3. The molecule has 0 atom stereocenters. The summed E-state index contributed by atoms with van der Waals surface area (Å²) in [5.74, 6) is 0.